The summed E-state index contributed by atoms with van der Waals surface area (Å²) < 4.78 is 0. The second-order valence-electron chi connectivity index (χ2n) is 6.74. The molecule has 0 aliphatic carbocycles. The molecular formula is C19H28N2O. The predicted molar refractivity (Wildman–Crippen MR) is 89.8 cm³/mol. The number of amides is 1. The summed E-state index contributed by atoms with van der Waals surface area (Å²) >= 11 is 0. The van der Waals surface area contributed by atoms with E-state index in [4.69, 9.17) is 0 Å². The second-order valence-corrected chi connectivity index (χ2v) is 6.74. The number of piperidine rings is 1. The fourth-order valence-corrected chi connectivity index (χ4v) is 4.09. The minimum absolute atomic E-state index is 0.0300. The van der Waals surface area contributed by atoms with Gasteiger partial charge in [0.2, 0.25) is 5.91 Å². The van der Waals surface area contributed by atoms with Crippen molar-refractivity contribution in [1.82, 2.24) is 10.2 Å². The van der Waals surface area contributed by atoms with Gasteiger partial charge >= 0.3 is 0 Å². The Hall–Kier alpha value is -1.35. The quantitative estimate of drug-likeness (QED) is 0.926. The smallest absolute Gasteiger partial charge is 0.230 e. The average molecular weight is 300 g/mol. The van der Waals surface area contributed by atoms with E-state index >= 15 is 0 Å². The van der Waals surface area contributed by atoms with Crippen molar-refractivity contribution in [2.75, 3.05) is 19.6 Å². The van der Waals surface area contributed by atoms with Crippen molar-refractivity contribution in [1.29, 1.82) is 0 Å². The first-order valence-electron chi connectivity index (χ1n) is 8.86. The number of carbonyl (C=O) groups is 1. The molecule has 1 aromatic carbocycles. The summed E-state index contributed by atoms with van der Waals surface area (Å²) in [7, 11) is 0. The van der Waals surface area contributed by atoms with Crippen LogP contribution in [0.15, 0.2) is 30.3 Å². The van der Waals surface area contributed by atoms with E-state index in [1.54, 1.807) is 0 Å². The van der Waals surface area contributed by atoms with Crippen molar-refractivity contribution in [3.63, 3.8) is 0 Å². The lowest BCUT2D eigenvalue weighted by atomic mass is 9.87. The molecule has 1 amide bonds. The molecule has 2 saturated heterocycles. The maximum absolute atomic E-state index is 12.9. The summed E-state index contributed by atoms with van der Waals surface area (Å²) in [5.41, 5.74) is 1.16. The normalized spacial score (nSPS) is 24.4. The maximum Gasteiger partial charge on any atom is 0.230 e. The molecule has 3 heteroatoms. The molecule has 2 atom stereocenters. The molecule has 0 spiro atoms. The molecular weight excluding hydrogens is 272 g/mol. The Balaban J connectivity index is 1.58. The molecule has 1 aromatic rings. The predicted octanol–water partition coefficient (Wildman–Crippen LogP) is 3.17. The molecule has 2 unspecified atom stereocenters. The number of hydrogen-bond donors (Lipinski definition) is 1. The van der Waals surface area contributed by atoms with E-state index in [0.717, 1.165) is 43.8 Å². The highest BCUT2D eigenvalue weighted by Gasteiger charge is 2.32. The number of nitrogens with one attached hydrogen (secondary N) is 1. The van der Waals surface area contributed by atoms with E-state index in [2.05, 4.69) is 29.3 Å². The van der Waals surface area contributed by atoms with Gasteiger partial charge in [-0.15, -0.1) is 0 Å². The van der Waals surface area contributed by atoms with Crippen molar-refractivity contribution in [2.24, 2.45) is 5.92 Å². The van der Waals surface area contributed by atoms with Gasteiger partial charge in [-0.2, -0.15) is 0 Å². The van der Waals surface area contributed by atoms with Crippen LogP contribution < -0.4 is 5.32 Å². The van der Waals surface area contributed by atoms with Crippen LogP contribution in [0.3, 0.4) is 0 Å². The summed E-state index contributed by atoms with van der Waals surface area (Å²) in [4.78, 5) is 15.0. The van der Waals surface area contributed by atoms with Gasteiger partial charge in [-0.1, -0.05) is 37.3 Å². The number of hydrogen-bond acceptors (Lipinski definition) is 2. The standard InChI is InChI=1S/C19H28N2O/c1-2-17(15-7-4-3-5-8-15)19(22)21-13-10-16(11-14-21)18-9-6-12-20-18/h3-5,7-8,16-18,20H,2,6,9-14H2,1H3. The number of rotatable bonds is 4. The van der Waals surface area contributed by atoms with Crippen LogP contribution in [0.1, 0.15) is 50.5 Å². The zero-order valence-corrected chi connectivity index (χ0v) is 13.6. The van der Waals surface area contributed by atoms with Gasteiger partial charge in [0.1, 0.15) is 0 Å². The Labute approximate surface area is 134 Å². The minimum Gasteiger partial charge on any atom is -0.342 e. The Morgan fingerprint density at radius 1 is 1.23 bits per heavy atom. The summed E-state index contributed by atoms with van der Waals surface area (Å²) in [5, 5.41) is 3.63. The molecule has 0 aromatic heterocycles. The lowest BCUT2D eigenvalue weighted by molar-refractivity contribution is -0.134. The van der Waals surface area contributed by atoms with Gasteiger partial charge in [0.25, 0.3) is 0 Å². The van der Waals surface area contributed by atoms with E-state index in [1.165, 1.54) is 19.4 Å². The first kappa shape index (κ1) is 15.5. The van der Waals surface area contributed by atoms with Crippen molar-refractivity contribution in [3.8, 4) is 0 Å². The van der Waals surface area contributed by atoms with Gasteiger partial charge in [0, 0.05) is 19.1 Å². The third kappa shape index (κ3) is 3.35. The maximum atomic E-state index is 12.9. The number of carbonyl (C=O) groups excluding carboxylic acids is 1. The first-order valence-corrected chi connectivity index (χ1v) is 8.86. The molecule has 0 bridgehead atoms. The first-order chi connectivity index (χ1) is 10.8. The number of nitrogens with zero attached hydrogens (tertiary/aromatic N) is 1. The van der Waals surface area contributed by atoms with Gasteiger partial charge in [-0.05, 0) is 50.1 Å². The summed E-state index contributed by atoms with van der Waals surface area (Å²) in [6.07, 6.45) is 5.84. The molecule has 3 rings (SSSR count). The third-order valence-corrected chi connectivity index (χ3v) is 5.43. The van der Waals surface area contributed by atoms with Crippen molar-refractivity contribution in [3.05, 3.63) is 35.9 Å². The van der Waals surface area contributed by atoms with Gasteiger partial charge in [0.15, 0.2) is 0 Å². The van der Waals surface area contributed by atoms with Crippen LogP contribution in [0, 0.1) is 5.92 Å². The molecule has 2 fully saturated rings. The largest absolute Gasteiger partial charge is 0.342 e. The van der Waals surface area contributed by atoms with E-state index in [0.29, 0.717) is 11.9 Å². The van der Waals surface area contributed by atoms with Crippen LogP contribution in [0.5, 0.6) is 0 Å². The molecule has 0 radical (unpaired) electrons. The Morgan fingerprint density at radius 3 is 2.55 bits per heavy atom. The lowest BCUT2D eigenvalue weighted by Crippen LogP contribution is -2.44. The summed E-state index contributed by atoms with van der Waals surface area (Å²) in [5.74, 6) is 1.12. The Bertz CT molecular complexity index is 473. The average Bonchev–Trinajstić information content (AvgIpc) is 3.11. The molecule has 2 aliphatic heterocycles. The highest BCUT2D eigenvalue weighted by Crippen LogP contribution is 2.28. The van der Waals surface area contributed by atoms with Gasteiger partial charge in [0.05, 0.1) is 5.92 Å². The zero-order valence-electron chi connectivity index (χ0n) is 13.6. The van der Waals surface area contributed by atoms with Crippen molar-refractivity contribution < 1.29 is 4.79 Å². The van der Waals surface area contributed by atoms with Gasteiger partial charge < -0.3 is 10.2 Å². The molecule has 0 saturated carbocycles. The van der Waals surface area contributed by atoms with Crippen LogP contribution in [-0.4, -0.2) is 36.5 Å². The minimum atomic E-state index is 0.0300. The zero-order chi connectivity index (χ0) is 15.4. The molecule has 120 valence electrons. The summed E-state index contributed by atoms with van der Waals surface area (Å²) in [6, 6.07) is 10.9. The number of benzene rings is 1. The van der Waals surface area contributed by atoms with Gasteiger partial charge in [-0.25, -0.2) is 0 Å². The third-order valence-electron chi connectivity index (χ3n) is 5.43. The van der Waals surface area contributed by atoms with E-state index < -0.39 is 0 Å². The topological polar surface area (TPSA) is 32.3 Å². The summed E-state index contributed by atoms with van der Waals surface area (Å²) in [6.45, 7) is 5.16. The monoisotopic (exact) mass is 300 g/mol. The van der Waals surface area contributed by atoms with Crippen LogP contribution in [0.4, 0.5) is 0 Å². The molecule has 2 aliphatic rings. The van der Waals surface area contributed by atoms with Crippen molar-refractivity contribution in [2.45, 2.75) is 51.0 Å². The highest BCUT2D eigenvalue weighted by atomic mass is 16.2. The second kappa shape index (κ2) is 7.28. The Kier molecular flexibility index (Phi) is 5.14. The fourth-order valence-electron chi connectivity index (χ4n) is 4.09. The van der Waals surface area contributed by atoms with E-state index in [-0.39, 0.29) is 5.92 Å². The van der Waals surface area contributed by atoms with Gasteiger partial charge in [-0.3, -0.25) is 4.79 Å². The fraction of sp³-hybridized carbons (Fsp3) is 0.632. The SMILES string of the molecule is CCC(C(=O)N1CCC(C2CCCN2)CC1)c1ccccc1. The van der Waals surface area contributed by atoms with Crippen LogP contribution >= 0.6 is 0 Å². The van der Waals surface area contributed by atoms with Crippen LogP contribution in [0.2, 0.25) is 0 Å². The Morgan fingerprint density at radius 2 is 1.95 bits per heavy atom. The van der Waals surface area contributed by atoms with Crippen LogP contribution in [0.25, 0.3) is 0 Å². The molecule has 22 heavy (non-hydrogen) atoms. The molecule has 3 nitrogen and oxygen atoms in total. The van der Waals surface area contributed by atoms with E-state index in [1.807, 2.05) is 18.2 Å². The highest BCUT2D eigenvalue weighted by molar-refractivity contribution is 5.83. The van der Waals surface area contributed by atoms with E-state index in [9.17, 15) is 4.79 Å². The molecule has 1 N–H and O–H groups in total. The number of likely N-dealkylation sites (tertiary alicyclic amines) is 1. The molecule has 2 heterocycles. The van der Waals surface area contributed by atoms with Crippen molar-refractivity contribution >= 4 is 5.91 Å². The van der Waals surface area contributed by atoms with Crippen LogP contribution in [-0.2, 0) is 4.79 Å². The lowest BCUT2D eigenvalue weighted by Gasteiger charge is -2.36.